The first kappa shape index (κ1) is 18.0. The number of nitrogens with zero attached hydrogens (tertiary/aromatic N) is 2. The Morgan fingerprint density at radius 1 is 0.815 bits per heavy atom. The molecule has 0 bridgehead atoms. The van der Waals surface area contributed by atoms with Crippen molar-refractivity contribution in [3.63, 3.8) is 0 Å². The minimum Gasteiger partial charge on any atom is -0.473 e. The molecule has 0 amide bonds. The Balaban J connectivity index is 1.32. The summed E-state index contributed by atoms with van der Waals surface area (Å²) in [5.74, 6) is 0.633. The van der Waals surface area contributed by atoms with E-state index in [1.54, 1.807) is 0 Å². The lowest BCUT2D eigenvalue weighted by Crippen LogP contribution is -2.18. The van der Waals surface area contributed by atoms with Gasteiger partial charge in [0.25, 0.3) is 0 Å². The fraction of sp³-hybridized carbons (Fsp3) is 0.261. The third-order valence-corrected chi connectivity index (χ3v) is 5.18. The maximum Gasteiger partial charge on any atom is 0.213 e. The van der Waals surface area contributed by atoms with Crippen LogP contribution in [0.1, 0.15) is 24.0 Å². The summed E-state index contributed by atoms with van der Waals surface area (Å²) < 4.78 is 5.83. The van der Waals surface area contributed by atoms with Crippen molar-refractivity contribution in [1.29, 1.82) is 0 Å². The molecule has 1 fully saturated rings. The number of ether oxygens (including phenoxy) is 1. The molecule has 0 saturated carbocycles. The highest BCUT2D eigenvalue weighted by atomic mass is 35.5. The predicted molar refractivity (Wildman–Crippen MR) is 110 cm³/mol. The molecular weight excluding hydrogens is 356 g/mol. The number of benzene rings is 2. The van der Waals surface area contributed by atoms with Crippen LogP contribution in [0.3, 0.4) is 0 Å². The Bertz CT molecular complexity index is 854. The summed E-state index contributed by atoms with van der Waals surface area (Å²) in [6.07, 6.45) is 4.49. The Labute approximate surface area is 165 Å². The quantitative estimate of drug-likeness (QED) is 0.560. The highest BCUT2D eigenvalue weighted by Crippen LogP contribution is 2.22. The maximum atomic E-state index is 5.94. The zero-order valence-electron chi connectivity index (χ0n) is 15.3. The van der Waals surface area contributed by atoms with Crippen LogP contribution in [0.5, 0.6) is 5.88 Å². The van der Waals surface area contributed by atoms with Gasteiger partial charge >= 0.3 is 0 Å². The number of hydrogen-bond acceptors (Lipinski definition) is 3. The number of rotatable bonds is 6. The Morgan fingerprint density at radius 3 is 2.15 bits per heavy atom. The molecule has 1 aliphatic rings. The lowest BCUT2D eigenvalue weighted by molar-refractivity contribution is 0.294. The molecule has 3 aromatic rings. The van der Waals surface area contributed by atoms with E-state index in [0.717, 1.165) is 28.3 Å². The van der Waals surface area contributed by atoms with Crippen LogP contribution in [-0.4, -0.2) is 23.0 Å². The number of hydrogen-bond donors (Lipinski definition) is 0. The van der Waals surface area contributed by atoms with Gasteiger partial charge in [0.1, 0.15) is 6.61 Å². The van der Waals surface area contributed by atoms with Gasteiger partial charge in [-0.2, -0.15) is 0 Å². The van der Waals surface area contributed by atoms with Gasteiger partial charge in [0.05, 0.1) is 0 Å². The number of aromatic nitrogens is 1. The first-order chi connectivity index (χ1) is 13.3. The topological polar surface area (TPSA) is 25.4 Å². The molecule has 0 spiro atoms. The van der Waals surface area contributed by atoms with Crippen molar-refractivity contribution >= 4 is 11.6 Å². The fourth-order valence-corrected chi connectivity index (χ4v) is 3.50. The van der Waals surface area contributed by atoms with E-state index in [-0.39, 0.29) is 0 Å². The Morgan fingerprint density at radius 2 is 1.48 bits per heavy atom. The van der Waals surface area contributed by atoms with Gasteiger partial charge in [-0.15, -0.1) is 0 Å². The monoisotopic (exact) mass is 378 g/mol. The van der Waals surface area contributed by atoms with E-state index in [0.29, 0.717) is 12.5 Å². The second-order valence-electron chi connectivity index (χ2n) is 6.98. The summed E-state index contributed by atoms with van der Waals surface area (Å²) in [6.45, 7) is 4.03. The van der Waals surface area contributed by atoms with Crippen LogP contribution in [0.2, 0.25) is 5.02 Å². The molecule has 138 valence electrons. The third kappa shape index (κ3) is 4.88. The molecule has 1 saturated heterocycles. The molecule has 0 aliphatic carbocycles. The van der Waals surface area contributed by atoms with Gasteiger partial charge in [-0.3, -0.25) is 4.90 Å². The third-order valence-electron chi connectivity index (χ3n) is 4.93. The molecule has 27 heavy (non-hydrogen) atoms. The van der Waals surface area contributed by atoms with Crippen LogP contribution < -0.4 is 4.74 Å². The van der Waals surface area contributed by atoms with Crippen LogP contribution in [0.4, 0.5) is 0 Å². The van der Waals surface area contributed by atoms with E-state index >= 15 is 0 Å². The molecule has 2 aromatic carbocycles. The molecule has 4 heteroatoms. The Hall–Kier alpha value is -2.36. The van der Waals surface area contributed by atoms with Crippen LogP contribution >= 0.6 is 11.6 Å². The van der Waals surface area contributed by atoms with E-state index in [9.17, 15) is 0 Å². The number of pyridine rings is 1. The van der Waals surface area contributed by atoms with Crippen molar-refractivity contribution < 1.29 is 4.74 Å². The SMILES string of the molecule is Clc1ccc(-c2ccc(OCc3ccc(CN4CCCC4)cc3)nc2)cc1. The van der Waals surface area contributed by atoms with Crippen LogP contribution in [0.15, 0.2) is 66.9 Å². The molecule has 0 unspecified atom stereocenters. The van der Waals surface area contributed by atoms with Gasteiger partial charge < -0.3 is 4.74 Å². The molecular formula is C23H23ClN2O. The Kier molecular flexibility index (Phi) is 5.71. The molecule has 4 rings (SSSR count). The van der Waals surface area contributed by atoms with Gasteiger partial charge in [-0.25, -0.2) is 4.98 Å². The van der Waals surface area contributed by atoms with E-state index in [2.05, 4.69) is 34.1 Å². The standard InChI is InChI=1S/C23H23ClN2O/c24-22-10-7-20(8-11-22)21-9-12-23(25-15-21)27-17-19-5-3-18(4-6-19)16-26-13-1-2-14-26/h3-12,15H,1-2,13-14,16-17H2. The van der Waals surface area contributed by atoms with Crippen molar-refractivity contribution in [2.24, 2.45) is 0 Å². The smallest absolute Gasteiger partial charge is 0.213 e. The predicted octanol–water partition coefficient (Wildman–Crippen LogP) is 5.58. The summed E-state index contributed by atoms with van der Waals surface area (Å²) in [5.41, 5.74) is 4.66. The van der Waals surface area contributed by atoms with Crippen molar-refractivity contribution in [1.82, 2.24) is 9.88 Å². The molecule has 1 aliphatic heterocycles. The summed E-state index contributed by atoms with van der Waals surface area (Å²) >= 11 is 5.94. The van der Waals surface area contributed by atoms with Crippen molar-refractivity contribution in [2.75, 3.05) is 13.1 Å². The summed E-state index contributed by atoms with van der Waals surface area (Å²) in [6, 6.07) is 20.4. The second-order valence-corrected chi connectivity index (χ2v) is 7.42. The zero-order valence-corrected chi connectivity index (χ0v) is 16.0. The molecule has 0 N–H and O–H groups in total. The summed E-state index contributed by atoms with van der Waals surface area (Å²) in [7, 11) is 0. The zero-order chi connectivity index (χ0) is 18.5. The van der Waals surface area contributed by atoms with Crippen LogP contribution in [0.25, 0.3) is 11.1 Å². The molecule has 0 atom stereocenters. The molecule has 3 nitrogen and oxygen atoms in total. The highest BCUT2D eigenvalue weighted by molar-refractivity contribution is 6.30. The van der Waals surface area contributed by atoms with Crippen molar-refractivity contribution in [3.05, 3.63) is 83.0 Å². The maximum absolute atomic E-state index is 5.94. The number of halogens is 1. The second kappa shape index (κ2) is 8.55. The van der Waals surface area contributed by atoms with Crippen LogP contribution in [-0.2, 0) is 13.2 Å². The largest absolute Gasteiger partial charge is 0.473 e. The van der Waals surface area contributed by atoms with E-state index in [1.807, 2.05) is 42.6 Å². The van der Waals surface area contributed by atoms with Crippen molar-refractivity contribution in [2.45, 2.75) is 26.0 Å². The molecule has 1 aromatic heterocycles. The first-order valence-electron chi connectivity index (χ1n) is 9.41. The minimum atomic E-state index is 0.525. The van der Waals surface area contributed by atoms with Gasteiger partial charge in [-0.05, 0) is 60.8 Å². The van der Waals surface area contributed by atoms with Gasteiger partial charge in [0.15, 0.2) is 0 Å². The average Bonchev–Trinajstić information content (AvgIpc) is 3.22. The van der Waals surface area contributed by atoms with E-state index in [4.69, 9.17) is 16.3 Å². The van der Waals surface area contributed by atoms with Gasteiger partial charge in [-0.1, -0.05) is 48.0 Å². The molecule has 2 heterocycles. The lowest BCUT2D eigenvalue weighted by Gasteiger charge is -2.14. The van der Waals surface area contributed by atoms with Gasteiger partial charge in [0.2, 0.25) is 5.88 Å². The fourth-order valence-electron chi connectivity index (χ4n) is 3.38. The number of likely N-dealkylation sites (tertiary alicyclic amines) is 1. The minimum absolute atomic E-state index is 0.525. The lowest BCUT2D eigenvalue weighted by atomic mass is 10.1. The van der Waals surface area contributed by atoms with E-state index in [1.165, 1.54) is 31.5 Å². The molecule has 0 radical (unpaired) electrons. The normalized spacial score (nSPS) is 14.4. The average molecular weight is 379 g/mol. The van der Waals surface area contributed by atoms with Gasteiger partial charge in [0, 0.05) is 29.4 Å². The summed E-state index contributed by atoms with van der Waals surface area (Å²) in [4.78, 5) is 6.93. The van der Waals surface area contributed by atoms with Crippen LogP contribution in [0, 0.1) is 0 Å². The van der Waals surface area contributed by atoms with E-state index < -0.39 is 0 Å². The first-order valence-corrected chi connectivity index (χ1v) is 9.79. The summed E-state index contributed by atoms with van der Waals surface area (Å²) in [5, 5.41) is 0.734. The highest BCUT2D eigenvalue weighted by Gasteiger charge is 2.11. The van der Waals surface area contributed by atoms with Crippen molar-refractivity contribution in [3.8, 4) is 17.0 Å².